The summed E-state index contributed by atoms with van der Waals surface area (Å²) in [5, 5.41) is 12.2. The van der Waals surface area contributed by atoms with Crippen molar-refractivity contribution in [3.63, 3.8) is 0 Å². The van der Waals surface area contributed by atoms with E-state index in [0.29, 0.717) is 15.1 Å². The first-order chi connectivity index (χ1) is 7.54. The number of rotatable bonds is 4. The third-order valence-electron chi connectivity index (χ3n) is 1.94. The standard InChI is InChI=1S/C10H12BrClN2O2/c11-9-2-1-6(12)3-8(9)10(16)14-5-7(15)4-13/h1-3,7,15H,4-5,13H2,(H,14,16). The van der Waals surface area contributed by atoms with Gasteiger partial charge in [-0.3, -0.25) is 4.79 Å². The van der Waals surface area contributed by atoms with Crippen molar-refractivity contribution in [2.24, 2.45) is 5.73 Å². The van der Waals surface area contributed by atoms with Crippen LogP contribution in [-0.4, -0.2) is 30.2 Å². The molecule has 1 aromatic rings. The van der Waals surface area contributed by atoms with Crippen molar-refractivity contribution in [3.05, 3.63) is 33.3 Å². The topological polar surface area (TPSA) is 75.3 Å². The van der Waals surface area contributed by atoms with E-state index in [9.17, 15) is 9.90 Å². The number of hydrogen-bond donors (Lipinski definition) is 3. The summed E-state index contributed by atoms with van der Waals surface area (Å²) in [5.41, 5.74) is 5.65. The van der Waals surface area contributed by atoms with Crippen LogP contribution in [0.2, 0.25) is 5.02 Å². The molecule has 88 valence electrons. The summed E-state index contributed by atoms with van der Waals surface area (Å²) in [6.07, 6.45) is -0.734. The van der Waals surface area contributed by atoms with E-state index < -0.39 is 6.10 Å². The molecule has 0 fully saturated rings. The van der Waals surface area contributed by atoms with Crippen molar-refractivity contribution < 1.29 is 9.90 Å². The summed E-state index contributed by atoms with van der Waals surface area (Å²) in [6.45, 7) is 0.227. The molecule has 1 unspecified atom stereocenters. The lowest BCUT2D eigenvalue weighted by Gasteiger charge is -2.10. The van der Waals surface area contributed by atoms with E-state index >= 15 is 0 Å². The lowest BCUT2D eigenvalue weighted by atomic mass is 10.2. The van der Waals surface area contributed by atoms with Gasteiger partial charge in [0.1, 0.15) is 0 Å². The molecule has 0 aromatic heterocycles. The lowest BCUT2D eigenvalue weighted by Crippen LogP contribution is -2.36. The minimum Gasteiger partial charge on any atom is -0.390 e. The van der Waals surface area contributed by atoms with E-state index in [1.54, 1.807) is 18.2 Å². The highest BCUT2D eigenvalue weighted by molar-refractivity contribution is 9.10. The smallest absolute Gasteiger partial charge is 0.252 e. The molecule has 0 saturated carbocycles. The molecule has 0 aliphatic heterocycles. The Balaban J connectivity index is 2.69. The van der Waals surface area contributed by atoms with Crippen LogP contribution in [0.25, 0.3) is 0 Å². The molecule has 1 atom stereocenters. The van der Waals surface area contributed by atoms with Crippen molar-refractivity contribution in [2.75, 3.05) is 13.1 Å². The van der Waals surface area contributed by atoms with Gasteiger partial charge in [-0.15, -0.1) is 0 Å². The minimum atomic E-state index is -0.734. The van der Waals surface area contributed by atoms with Gasteiger partial charge >= 0.3 is 0 Å². The maximum atomic E-state index is 11.7. The number of hydrogen-bond acceptors (Lipinski definition) is 3. The van der Waals surface area contributed by atoms with Crippen LogP contribution in [0.3, 0.4) is 0 Å². The second kappa shape index (κ2) is 6.20. The zero-order valence-corrected chi connectivity index (χ0v) is 10.8. The van der Waals surface area contributed by atoms with Gasteiger partial charge < -0.3 is 16.2 Å². The molecule has 0 saturated heterocycles. The second-order valence-corrected chi connectivity index (χ2v) is 4.51. The van der Waals surface area contributed by atoms with E-state index in [1.807, 2.05) is 0 Å². The van der Waals surface area contributed by atoms with Crippen molar-refractivity contribution in [1.82, 2.24) is 5.32 Å². The summed E-state index contributed by atoms with van der Waals surface area (Å²) in [5.74, 6) is -0.304. The molecule has 0 aliphatic carbocycles. The van der Waals surface area contributed by atoms with Gasteiger partial charge in [-0.2, -0.15) is 0 Å². The minimum absolute atomic E-state index is 0.108. The first-order valence-electron chi connectivity index (χ1n) is 4.66. The molecular weight excluding hydrogens is 295 g/mol. The number of nitrogens with one attached hydrogen (secondary N) is 1. The van der Waals surface area contributed by atoms with Crippen LogP contribution in [0.15, 0.2) is 22.7 Å². The van der Waals surface area contributed by atoms with Crippen molar-refractivity contribution >= 4 is 33.4 Å². The number of halogens is 2. The van der Waals surface area contributed by atoms with E-state index in [1.165, 1.54) is 0 Å². The molecule has 1 aromatic carbocycles. The van der Waals surface area contributed by atoms with Crippen LogP contribution in [0.1, 0.15) is 10.4 Å². The van der Waals surface area contributed by atoms with Crippen molar-refractivity contribution in [2.45, 2.75) is 6.10 Å². The monoisotopic (exact) mass is 306 g/mol. The lowest BCUT2D eigenvalue weighted by molar-refractivity contribution is 0.0919. The van der Waals surface area contributed by atoms with Gasteiger partial charge in [-0.1, -0.05) is 11.6 Å². The summed E-state index contributed by atoms with van der Waals surface area (Å²) < 4.78 is 0.650. The Morgan fingerprint density at radius 2 is 2.31 bits per heavy atom. The van der Waals surface area contributed by atoms with Gasteiger partial charge in [0.2, 0.25) is 0 Å². The number of aliphatic hydroxyl groups is 1. The molecule has 0 radical (unpaired) electrons. The second-order valence-electron chi connectivity index (χ2n) is 3.22. The summed E-state index contributed by atoms with van der Waals surface area (Å²) in [4.78, 5) is 11.7. The fraction of sp³-hybridized carbons (Fsp3) is 0.300. The summed E-state index contributed by atoms with van der Waals surface area (Å²) in [7, 11) is 0. The molecule has 4 N–H and O–H groups in total. The molecule has 0 aliphatic rings. The maximum absolute atomic E-state index is 11.7. The van der Waals surface area contributed by atoms with Crippen LogP contribution < -0.4 is 11.1 Å². The van der Waals surface area contributed by atoms with Crippen molar-refractivity contribution in [3.8, 4) is 0 Å². The maximum Gasteiger partial charge on any atom is 0.252 e. The molecule has 0 spiro atoms. The Morgan fingerprint density at radius 1 is 1.62 bits per heavy atom. The first kappa shape index (κ1) is 13.4. The average molecular weight is 308 g/mol. The van der Waals surface area contributed by atoms with Crippen LogP contribution in [0, 0.1) is 0 Å². The van der Waals surface area contributed by atoms with E-state index in [2.05, 4.69) is 21.2 Å². The number of carbonyl (C=O) groups excluding carboxylic acids is 1. The number of amides is 1. The third kappa shape index (κ3) is 3.75. The van der Waals surface area contributed by atoms with E-state index in [-0.39, 0.29) is 19.0 Å². The van der Waals surface area contributed by atoms with Crippen LogP contribution >= 0.6 is 27.5 Å². The highest BCUT2D eigenvalue weighted by Crippen LogP contribution is 2.20. The SMILES string of the molecule is NCC(O)CNC(=O)c1cc(Cl)ccc1Br. The van der Waals surface area contributed by atoms with Crippen molar-refractivity contribution in [1.29, 1.82) is 0 Å². The Morgan fingerprint density at radius 3 is 2.94 bits per heavy atom. The van der Waals surface area contributed by atoms with Gasteiger partial charge in [0.05, 0.1) is 11.7 Å². The highest BCUT2D eigenvalue weighted by Gasteiger charge is 2.11. The molecule has 0 heterocycles. The predicted octanol–water partition coefficient (Wildman–Crippen LogP) is 1.15. The Hall–Kier alpha value is -0.620. The van der Waals surface area contributed by atoms with E-state index in [4.69, 9.17) is 17.3 Å². The fourth-order valence-electron chi connectivity index (χ4n) is 1.06. The van der Waals surface area contributed by atoms with Gasteiger partial charge in [-0.05, 0) is 34.1 Å². The largest absolute Gasteiger partial charge is 0.390 e. The van der Waals surface area contributed by atoms with Gasteiger partial charge in [-0.25, -0.2) is 0 Å². The number of aliphatic hydroxyl groups excluding tert-OH is 1. The Kier molecular flexibility index (Phi) is 5.21. The molecular formula is C10H12BrClN2O2. The molecule has 6 heteroatoms. The van der Waals surface area contributed by atoms with Gasteiger partial charge in [0, 0.05) is 22.6 Å². The Bertz CT molecular complexity index is 387. The molecule has 1 amide bonds. The van der Waals surface area contributed by atoms with E-state index in [0.717, 1.165) is 0 Å². The van der Waals surface area contributed by atoms with Crippen LogP contribution in [-0.2, 0) is 0 Å². The zero-order chi connectivity index (χ0) is 12.1. The predicted molar refractivity (Wildman–Crippen MR) is 66.5 cm³/mol. The quantitative estimate of drug-likeness (QED) is 0.781. The molecule has 0 bridgehead atoms. The molecule has 1 rings (SSSR count). The summed E-state index contributed by atoms with van der Waals surface area (Å²) in [6, 6.07) is 4.92. The number of benzene rings is 1. The molecule has 4 nitrogen and oxygen atoms in total. The summed E-state index contributed by atoms with van der Waals surface area (Å²) >= 11 is 9.03. The normalized spacial score (nSPS) is 12.2. The highest BCUT2D eigenvalue weighted by atomic mass is 79.9. The first-order valence-corrected chi connectivity index (χ1v) is 5.83. The zero-order valence-electron chi connectivity index (χ0n) is 8.41. The molecule has 16 heavy (non-hydrogen) atoms. The van der Waals surface area contributed by atoms with Crippen LogP contribution in [0.4, 0.5) is 0 Å². The fourth-order valence-corrected chi connectivity index (χ4v) is 1.66. The van der Waals surface area contributed by atoms with Gasteiger partial charge in [0.25, 0.3) is 5.91 Å². The average Bonchev–Trinajstić information content (AvgIpc) is 2.28. The van der Waals surface area contributed by atoms with Gasteiger partial charge in [0.15, 0.2) is 0 Å². The number of nitrogens with two attached hydrogens (primary N) is 1. The number of carbonyl (C=O) groups is 1. The van der Waals surface area contributed by atoms with Crippen LogP contribution in [0.5, 0.6) is 0 Å². The third-order valence-corrected chi connectivity index (χ3v) is 2.87. The Labute approximate surface area is 107 Å².